The second-order valence-corrected chi connectivity index (χ2v) is 4.05. The third-order valence-electron chi connectivity index (χ3n) is 2.80. The van der Waals surface area contributed by atoms with Gasteiger partial charge in [-0.2, -0.15) is 0 Å². The average Bonchev–Trinajstić information content (AvgIpc) is 2.70. The van der Waals surface area contributed by atoms with Crippen molar-refractivity contribution in [2.45, 2.75) is 26.3 Å². The van der Waals surface area contributed by atoms with Gasteiger partial charge in [-0.25, -0.2) is 4.39 Å². The number of aryl methyl sites for hydroxylation is 1. The number of nitrogens with zero attached hydrogens (tertiary/aromatic N) is 1. The molecule has 0 aliphatic rings. The van der Waals surface area contributed by atoms with Crippen molar-refractivity contribution >= 4 is 16.9 Å². The molecule has 19 heavy (non-hydrogen) atoms. The summed E-state index contributed by atoms with van der Waals surface area (Å²) in [6.45, 7) is 4.00. The molecule has 104 valence electrons. The fourth-order valence-corrected chi connectivity index (χ4v) is 1.97. The smallest absolute Gasteiger partial charge is 0.320 e. The number of hydrogen-bond acceptors (Lipinski definition) is 2. The maximum Gasteiger partial charge on any atom is 0.320 e. The van der Waals surface area contributed by atoms with Crippen LogP contribution in [0.1, 0.15) is 19.4 Å². The minimum absolute atomic E-state index is 0.119. The minimum atomic E-state index is -1.08. The van der Waals surface area contributed by atoms with Crippen LogP contribution in [0.3, 0.4) is 0 Å². The van der Waals surface area contributed by atoms with Crippen LogP contribution in [-0.2, 0) is 18.3 Å². The van der Waals surface area contributed by atoms with E-state index in [9.17, 15) is 9.18 Å². The van der Waals surface area contributed by atoms with Crippen LogP contribution < -0.4 is 5.73 Å². The standard InChI is InChI=1S/C12H13FN2O2.C2H6/c1-15-6-7(5-9(14)12(16)17)11-8(13)3-2-4-10(11)15;1-2/h2-4,6,9H,5,14H2,1H3,(H,16,17);1-2H3. The van der Waals surface area contributed by atoms with Gasteiger partial charge in [0.25, 0.3) is 0 Å². The van der Waals surface area contributed by atoms with Gasteiger partial charge in [0.05, 0.1) is 5.52 Å². The van der Waals surface area contributed by atoms with E-state index in [1.165, 1.54) is 6.07 Å². The van der Waals surface area contributed by atoms with E-state index < -0.39 is 12.0 Å². The van der Waals surface area contributed by atoms with Crippen molar-refractivity contribution in [3.05, 3.63) is 35.8 Å². The highest BCUT2D eigenvalue weighted by Gasteiger charge is 2.17. The topological polar surface area (TPSA) is 68.2 Å². The third-order valence-corrected chi connectivity index (χ3v) is 2.80. The number of carboxylic acid groups (broad SMARTS) is 1. The largest absolute Gasteiger partial charge is 0.480 e. The van der Waals surface area contributed by atoms with Crippen LogP contribution in [0.4, 0.5) is 4.39 Å². The van der Waals surface area contributed by atoms with Gasteiger partial charge in [-0.1, -0.05) is 19.9 Å². The number of rotatable bonds is 3. The number of halogens is 1. The average molecular weight is 266 g/mol. The summed E-state index contributed by atoms with van der Waals surface area (Å²) in [5.41, 5.74) is 6.82. The van der Waals surface area contributed by atoms with Crippen LogP contribution in [0.25, 0.3) is 10.9 Å². The Bertz CT molecular complexity index is 578. The molecular formula is C14H19FN2O2. The number of nitrogens with two attached hydrogens (primary N) is 1. The van der Waals surface area contributed by atoms with Crippen molar-refractivity contribution in [3.63, 3.8) is 0 Å². The lowest BCUT2D eigenvalue weighted by Crippen LogP contribution is -2.32. The van der Waals surface area contributed by atoms with Gasteiger partial charge in [-0.05, 0) is 17.7 Å². The normalized spacial score (nSPS) is 11.8. The predicted octanol–water partition coefficient (Wildman–Crippen LogP) is 2.30. The summed E-state index contributed by atoms with van der Waals surface area (Å²) >= 11 is 0. The number of hydrogen-bond donors (Lipinski definition) is 2. The van der Waals surface area contributed by atoms with Crippen molar-refractivity contribution in [3.8, 4) is 0 Å². The molecule has 1 unspecified atom stereocenters. The van der Waals surface area contributed by atoms with Crippen molar-refractivity contribution in [2.75, 3.05) is 0 Å². The molecule has 0 aliphatic carbocycles. The maximum atomic E-state index is 13.7. The lowest BCUT2D eigenvalue weighted by Gasteiger charge is -2.05. The summed E-state index contributed by atoms with van der Waals surface area (Å²) < 4.78 is 15.5. The fourth-order valence-electron chi connectivity index (χ4n) is 1.97. The number of aromatic nitrogens is 1. The van der Waals surface area contributed by atoms with Crippen LogP contribution in [0.15, 0.2) is 24.4 Å². The van der Waals surface area contributed by atoms with E-state index >= 15 is 0 Å². The van der Waals surface area contributed by atoms with Gasteiger partial charge in [-0.15, -0.1) is 0 Å². The Kier molecular flexibility index (Phi) is 5.06. The zero-order valence-electron chi connectivity index (χ0n) is 11.4. The van der Waals surface area contributed by atoms with E-state index in [2.05, 4.69) is 0 Å². The molecule has 1 aromatic carbocycles. The molecule has 0 saturated carbocycles. The number of benzene rings is 1. The van der Waals surface area contributed by atoms with Crippen LogP contribution in [0.5, 0.6) is 0 Å². The Balaban J connectivity index is 0.000000861. The van der Waals surface area contributed by atoms with Gasteiger partial charge in [0.15, 0.2) is 0 Å². The van der Waals surface area contributed by atoms with E-state index in [4.69, 9.17) is 10.8 Å². The van der Waals surface area contributed by atoms with Crippen molar-refractivity contribution in [1.82, 2.24) is 4.57 Å². The Hall–Kier alpha value is -1.88. The summed E-state index contributed by atoms with van der Waals surface area (Å²) in [6, 6.07) is 3.76. The van der Waals surface area contributed by atoms with Gasteiger partial charge in [0.1, 0.15) is 11.9 Å². The van der Waals surface area contributed by atoms with E-state index in [0.29, 0.717) is 10.9 Å². The van der Waals surface area contributed by atoms with E-state index in [1.807, 2.05) is 13.8 Å². The first-order valence-corrected chi connectivity index (χ1v) is 6.21. The number of aliphatic carboxylic acids is 1. The van der Waals surface area contributed by atoms with Gasteiger partial charge in [0.2, 0.25) is 0 Å². The van der Waals surface area contributed by atoms with Gasteiger partial charge in [0, 0.05) is 25.1 Å². The van der Waals surface area contributed by atoms with Crippen molar-refractivity contribution in [2.24, 2.45) is 12.8 Å². The van der Waals surface area contributed by atoms with Crippen molar-refractivity contribution in [1.29, 1.82) is 0 Å². The van der Waals surface area contributed by atoms with E-state index in [1.54, 1.807) is 29.9 Å². The van der Waals surface area contributed by atoms with E-state index in [-0.39, 0.29) is 12.2 Å². The molecular weight excluding hydrogens is 247 g/mol. The molecule has 2 rings (SSSR count). The highest BCUT2D eigenvalue weighted by molar-refractivity contribution is 5.85. The monoisotopic (exact) mass is 266 g/mol. The summed E-state index contributed by atoms with van der Waals surface area (Å²) in [5, 5.41) is 9.22. The lowest BCUT2D eigenvalue weighted by molar-refractivity contribution is -0.138. The number of carboxylic acids is 1. The molecule has 0 radical (unpaired) electrons. The van der Waals surface area contributed by atoms with Crippen LogP contribution in [-0.4, -0.2) is 21.7 Å². The molecule has 1 aromatic heterocycles. The molecule has 5 heteroatoms. The SMILES string of the molecule is CC.Cn1cc(CC(N)C(=O)O)c2c(F)cccc21. The molecule has 0 fully saturated rings. The zero-order chi connectivity index (χ0) is 14.6. The third kappa shape index (κ3) is 3.12. The predicted molar refractivity (Wildman–Crippen MR) is 73.5 cm³/mol. The second kappa shape index (κ2) is 6.33. The highest BCUT2D eigenvalue weighted by atomic mass is 19.1. The van der Waals surface area contributed by atoms with Crippen LogP contribution in [0.2, 0.25) is 0 Å². The summed E-state index contributed by atoms with van der Waals surface area (Å²) in [5.74, 6) is -1.44. The molecule has 1 heterocycles. The van der Waals surface area contributed by atoms with Crippen molar-refractivity contribution < 1.29 is 14.3 Å². The summed E-state index contributed by atoms with van der Waals surface area (Å²) in [7, 11) is 1.79. The fraction of sp³-hybridized carbons (Fsp3) is 0.357. The first-order valence-electron chi connectivity index (χ1n) is 6.21. The minimum Gasteiger partial charge on any atom is -0.480 e. The van der Waals surface area contributed by atoms with Gasteiger partial charge in [-0.3, -0.25) is 4.79 Å². The van der Waals surface area contributed by atoms with Gasteiger partial charge >= 0.3 is 5.97 Å². The summed E-state index contributed by atoms with van der Waals surface area (Å²) in [6.07, 6.45) is 1.84. The molecule has 0 saturated heterocycles. The second-order valence-electron chi connectivity index (χ2n) is 4.05. The number of fused-ring (bicyclic) bond motifs is 1. The number of carbonyl (C=O) groups is 1. The van der Waals surface area contributed by atoms with Gasteiger partial charge < -0.3 is 15.4 Å². The molecule has 0 bridgehead atoms. The lowest BCUT2D eigenvalue weighted by atomic mass is 10.1. The molecule has 0 amide bonds. The zero-order valence-corrected chi connectivity index (χ0v) is 11.4. The highest BCUT2D eigenvalue weighted by Crippen LogP contribution is 2.24. The molecule has 0 spiro atoms. The first-order chi connectivity index (χ1) is 9.00. The maximum absolute atomic E-state index is 13.7. The molecule has 3 N–H and O–H groups in total. The van der Waals surface area contributed by atoms with E-state index in [0.717, 1.165) is 5.52 Å². The van der Waals surface area contributed by atoms with Crippen LogP contribution >= 0.6 is 0 Å². The van der Waals surface area contributed by atoms with Crippen LogP contribution in [0, 0.1) is 5.82 Å². The quantitative estimate of drug-likeness (QED) is 0.895. The Morgan fingerprint density at radius 2 is 2.11 bits per heavy atom. The first kappa shape index (κ1) is 15.2. The summed E-state index contributed by atoms with van der Waals surface area (Å²) in [4.78, 5) is 10.7. The molecule has 1 atom stereocenters. The Morgan fingerprint density at radius 1 is 1.47 bits per heavy atom. The molecule has 2 aromatic rings. The molecule has 0 aliphatic heterocycles. The molecule has 4 nitrogen and oxygen atoms in total. The Morgan fingerprint density at radius 3 is 2.68 bits per heavy atom. The Labute approximate surface area is 111 Å².